The molecule has 7 heteroatoms. The first-order valence-corrected chi connectivity index (χ1v) is 10.6. The number of imidazole rings is 1. The summed E-state index contributed by atoms with van der Waals surface area (Å²) in [5.41, 5.74) is 8.52. The largest absolute Gasteiger partial charge is 0.490 e. The van der Waals surface area contributed by atoms with E-state index in [0.29, 0.717) is 17.9 Å². The number of para-hydroxylation sites is 1. The molecule has 158 valence electrons. The maximum absolute atomic E-state index is 6.45. The topological polar surface area (TPSA) is 88.1 Å². The van der Waals surface area contributed by atoms with E-state index < -0.39 is 0 Å². The lowest BCUT2D eigenvalue weighted by Gasteiger charge is -2.36. The average Bonchev–Trinajstić information content (AvgIpc) is 3.25. The molecule has 31 heavy (non-hydrogen) atoms. The van der Waals surface area contributed by atoms with Gasteiger partial charge in [0.2, 0.25) is 0 Å². The fourth-order valence-corrected chi connectivity index (χ4v) is 4.26. The minimum Gasteiger partial charge on any atom is -0.490 e. The molecule has 2 aromatic heterocycles. The lowest BCUT2D eigenvalue weighted by atomic mass is 9.89. The molecule has 2 heterocycles. The first kappa shape index (κ1) is 19.5. The van der Waals surface area contributed by atoms with Gasteiger partial charge in [-0.05, 0) is 30.5 Å². The number of fused-ring (bicyclic) bond motifs is 1. The number of hydrogen-bond acceptors (Lipinski definition) is 6. The zero-order chi connectivity index (χ0) is 21.0. The number of nitrogen functional groups attached to an aromatic ring is 1. The Hall–Kier alpha value is -3.45. The summed E-state index contributed by atoms with van der Waals surface area (Å²) < 4.78 is 14.8. The Kier molecular flexibility index (Phi) is 5.50. The van der Waals surface area contributed by atoms with Crippen molar-refractivity contribution in [3.63, 3.8) is 0 Å². The second-order valence-corrected chi connectivity index (χ2v) is 7.85. The Bertz CT molecular complexity index is 1130. The molecule has 4 aromatic rings. The first-order valence-electron chi connectivity index (χ1n) is 10.6. The normalized spacial score (nSPS) is 21.2. The summed E-state index contributed by atoms with van der Waals surface area (Å²) in [6, 6.07) is 20.3. The van der Waals surface area contributed by atoms with Gasteiger partial charge in [-0.25, -0.2) is 15.0 Å². The van der Waals surface area contributed by atoms with Crippen LogP contribution in [-0.2, 0) is 11.3 Å². The second-order valence-electron chi connectivity index (χ2n) is 7.85. The van der Waals surface area contributed by atoms with E-state index in [2.05, 4.69) is 31.7 Å². The lowest BCUT2D eigenvalue weighted by Crippen LogP contribution is -2.38. The van der Waals surface area contributed by atoms with Crippen LogP contribution in [0.15, 0.2) is 73.3 Å². The minimum absolute atomic E-state index is 0.0451. The Balaban J connectivity index is 1.39. The first-order chi connectivity index (χ1) is 15.3. The predicted molar refractivity (Wildman–Crippen MR) is 119 cm³/mol. The monoisotopic (exact) mass is 415 g/mol. The van der Waals surface area contributed by atoms with Gasteiger partial charge in [0.05, 0.1) is 25.1 Å². The third-order valence-electron chi connectivity index (χ3n) is 5.81. The standard InChI is InChI=1S/C24H25N5O2/c25-23-22-24(27-15-26-23)29(16-28-22)20-12-11-19(31-18-9-5-2-6-10-18)13-21(20)30-14-17-7-3-1-4-8-17/h1-10,15-16,19-21H,11-14H2,(H2,25,26,27). The van der Waals surface area contributed by atoms with Gasteiger partial charge in [0.25, 0.3) is 0 Å². The smallest absolute Gasteiger partial charge is 0.165 e. The Morgan fingerprint density at radius 1 is 0.935 bits per heavy atom. The van der Waals surface area contributed by atoms with Crippen molar-refractivity contribution < 1.29 is 9.47 Å². The van der Waals surface area contributed by atoms with Crippen LogP contribution < -0.4 is 10.5 Å². The summed E-state index contributed by atoms with van der Waals surface area (Å²) in [5, 5.41) is 0. The molecule has 0 amide bonds. The van der Waals surface area contributed by atoms with Gasteiger partial charge in [-0.3, -0.25) is 0 Å². The average molecular weight is 415 g/mol. The minimum atomic E-state index is -0.0451. The van der Waals surface area contributed by atoms with Gasteiger partial charge in [-0.2, -0.15) is 0 Å². The molecule has 0 bridgehead atoms. The molecule has 5 rings (SSSR count). The van der Waals surface area contributed by atoms with Crippen LogP contribution in [0.3, 0.4) is 0 Å². The van der Waals surface area contributed by atoms with Gasteiger partial charge in [0, 0.05) is 6.42 Å². The van der Waals surface area contributed by atoms with Crippen molar-refractivity contribution >= 4 is 17.0 Å². The lowest BCUT2D eigenvalue weighted by molar-refractivity contribution is -0.0456. The van der Waals surface area contributed by atoms with Gasteiger partial charge in [-0.1, -0.05) is 48.5 Å². The van der Waals surface area contributed by atoms with Crippen molar-refractivity contribution in [1.29, 1.82) is 0 Å². The molecule has 2 N–H and O–H groups in total. The van der Waals surface area contributed by atoms with E-state index >= 15 is 0 Å². The Morgan fingerprint density at radius 3 is 2.52 bits per heavy atom. The maximum atomic E-state index is 6.45. The molecule has 3 unspecified atom stereocenters. The highest BCUT2D eigenvalue weighted by molar-refractivity contribution is 5.81. The molecule has 1 saturated carbocycles. The number of hydrogen-bond donors (Lipinski definition) is 1. The van der Waals surface area contributed by atoms with Gasteiger partial charge >= 0.3 is 0 Å². The fourth-order valence-electron chi connectivity index (χ4n) is 4.26. The number of rotatable bonds is 6. The van der Waals surface area contributed by atoms with Crippen molar-refractivity contribution in [2.24, 2.45) is 0 Å². The summed E-state index contributed by atoms with van der Waals surface area (Å²) in [6.45, 7) is 0.545. The number of anilines is 1. The summed E-state index contributed by atoms with van der Waals surface area (Å²) in [6.07, 6.45) is 5.94. The van der Waals surface area contributed by atoms with Crippen molar-refractivity contribution in [2.75, 3.05) is 5.73 Å². The second kappa shape index (κ2) is 8.73. The summed E-state index contributed by atoms with van der Waals surface area (Å²) >= 11 is 0. The number of nitrogens with two attached hydrogens (primary N) is 1. The van der Waals surface area contributed by atoms with Gasteiger partial charge < -0.3 is 19.8 Å². The quantitative estimate of drug-likeness (QED) is 0.509. The molecule has 0 aliphatic heterocycles. The number of aromatic nitrogens is 4. The van der Waals surface area contributed by atoms with Crippen molar-refractivity contribution in [3.8, 4) is 5.75 Å². The SMILES string of the molecule is Nc1ncnc2c1ncn2C1CCC(Oc2ccccc2)CC1OCc1ccccc1. The molecule has 1 aliphatic carbocycles. The molecular weight excluding hydrogens is 390 g/mol. The van der Waals surface area contributed by atoms with Crippen molar-refractivity contribution in [2.45, 2.75) is 44.1 Å². The predicted octanol–water partition coefficient (Wildman–Crippen LogP) is 4.17. The summed E-state index contributed by atoms with van der Waals surface area (Å²) in [7, 11) is 0. The van der Waals surface area contributed by atoms with E-state index in [1.54, 1.807) is 6.33 Å². The third-order valence-corrected chi connectivity index (χ3v) is 5.81. The van der Waals surface area contributed by atoms with Crippen LogP contribution in [0.25, 0.3) is 11.2 Å². The van der Waals surface area contributed by atoms with Gasteiger partial charge in [-0.15, -0.1) is 0 Å². The van der Waals surface area contributed by atoms with Gasteiger partial charge in [0.15, 0.2) is 11.5 Å². The molecule has 2 aromatic carbocycles. The maximum Gasteiger partial charge on any atom is 0.165 e. The van der Waals surface area contributed by atoms with E-state index in [1.807, 2.05) is 48.5 Å². The summed E-state index contributed by atoms with van der Waals surface area (Å²) in [4.78, 5) is 13.0. The van der Waals surface area contributed by atoms with Crippen LogP contribution in [0.5, 0.6) is 5.75 Å². The fraction of sp³-hybridized carbons (Fsp3) is 0.292. The highest BCUT2D eigenvalue weighted by Gasteiger charge is 2.34. The number of nitrogens with zero attached hydrogens (tertiary/aromatic N) is 4. The van der Waals surface area contributed by atoms with E-state index in [0.717, 1.165) is 36.2 Å². The molecule has 0 radical (unpaired) electrons. The van der Waals surface area contributed by atoms with E-state index in [-0.39, 0.29) is 18.2 Å². The summed E-state index contributed by atoms with van der Waals surface area (Å²) in [5.74, 6) is 1.29. The van der Waals surface area contributed by atoms with Crippen LogP contribution in [-0.4, -0.2) is 31.7 Å². The third kappa shape index (κ3) is 4.22. The van der Waals surface area contributed by atoms with Crippen LogP contribution in [0, 0.1) is 0 Å². The van der Waals surface area contributed by atoms with Crippen LogP contribution in [0.1, 0.15) is 30.9 Å². The van der Waals surface area contributed by atoms with Crippen LogP contribution in [0.4, 0.5) is 5.82 Å². The van der Waals surface area contributed by atoms with Gasteiger partial charge in [0.1, 0.15) is 23.7 Å². The van der Waals surface area contributed by atoms with E-state index in [4.69, 9.17) is 15.2 Å². The zero-order valence-corrected chi connectivity index (χ0v) is 17.2. The highest BCUT2D eigenvalue weighted by atomic mass is 16.5. The van der Waals surface area contributed by atoms with Crippen molar-refractivity contribution in [3.05, 3.63) is 78.9 Å². The highest BCUT2D eigenvalue weighted by Crippen LogP contribution is 2.35. The number of benzene rings is 2. The molecule has 0 saturated heterocycles. The molecule has 0 spiro atoms. The molecule has 7 nitrogen and oxygen atoms in total. The molecule has 1 fully saturated rings. The molecular formula is C24H25N5O2. The van der Waals surface area contributed by atoms with E-state index in [9.17, 15) is 0 Å². The Labute approximate surface area is 180 Å². The van der Waals surface area contributed by atoms with Crippen LogP contribution in [0.2, 0.25) is 0 Å². The molecule has 1 aliphatic rings. The van der Waals surface area contributed by atoms with Crippen molar-refractivity contribution in [1.82, 2.24) is 19.5 Å². The van der Waals surface area contributed by atoms with Crippen LogP contribution >= 0.6 is 0 Å². The Morgan fingerprint density at radius 2 is 1.71 bits per heavy atom. The van der Waals surface area contributed by atoms with E-state index in [1.165, 1.54) is 6.33 Å². The zero-order valence-electron chi connectivity index (χ0n) is 17.2. The number of ether oxygens (including phenoxy) is 2. The molecule has 3 atom stereocenters.